The molecule has 1 aromatic rings. The van der Waals surface area contributed by atoms with Crippen LogP contribution in [0.2, 0.25) is 0 Å². The lowest BCUT2D eigenvalue weighted by Gasteiger charge is -2.31. The largest absolute Gasteiger partial charge is 0.493 e. The minimum atomic E-state index is -0.124. The fourth-order valence-corrected chi connectivity index (χ4v) is 3.08. The lowest BCUT2D eigenvalue weighted by atomic mass is 9.84. The Morgan fingerprint density at radius 2 is 2.33 bits per heavy atom. The van der Waals surface area contributed by atoms with Crippen molar-refractivity contribution in [3.63, 3.8) is 0 Å². The fraction of sp³-hybridized carbons (Fsp3) is 0.500. The molecular weight excluding hydrogens is 266 g/mol. The molecule has 2 heterocycles. The molecule has 1 unspecified atom stereocenters. The van der Waals surface area contributed by atoms with Crippen LogP contribution in [0.4, 0.5) is 5.69 Å². The molecule has 0 aliphatic carbocycles. The summed E-state index contributed by atoms with van der Waals surface area (Å²) >= 11 is 0. The molecule has 1 amide bonds. The third-order valence-corrected chi connectivity index (χ3v) is 3.94. The molecule has 0 fully saturated rings. The summed E-state index contributed by atoms with van der Waals surface area (Å²) in [6, 6.07) is 4.06. The van der Waals surface area contributed by atoms with Gasteiger partial charge >= 0.3 is 0 Å². The van der Waals surface area contributed by atoms with Gasteiger partial charge in [0.1, 0.15) is 5.75 Å². The molecule has 0 aromatic heterocycles. The van der Waals surface area contributed by atoms with Crippen LogP contribution >= 0.6 is 0 Å². The van der Waals surface area contributed by atoms with Crippen LogP contribution in [0.3, 0.4) is 0 Å². The Labute approximate surface area is 124 Å². The molecule has 0 saturated heterocycles. The van der Waals surface area contributed by atoms with E-state index in [4.69, 9.17) is 4.74 Å². The molecule has 0 saturated carbocycles. The summed E-state index contributed by atoms with van der Waals surface area (Å²) in [6.45, 7) is 4.10. The van der Waals surface area contributed by atoms with Crippen LogP contribution in [0.5, 0.6) is 5.75 Å². The number of ether oxygens (including phenoxy) is 1. The van der Waals surface area contributed by atoms with E-state index in [1.807, 2.05) is 26.1 Å². The van der Waals surface area contributed by atoms with Gasteiger partial charge in [-0.25, -0.2) is 0 Å². The Morgan fingerprint density at radius 1 is 1.48 bits per heavy atom. The smallest absolute Gasteiger partial charge is 0.233 e. The average Bonchev–Trinajstić information content (AvgIpc) is 2.48. The molecule has 112 valence electrons. The first kappa shape index (κ1) is 14.1. The second-order valence-corrected chi connectivity index (χ2v) is 5.43. The van der Waals surface area contributed by atoms with Crippen LogP contribution in [0.1, 0.15) is 30.9 Å². The van der Waals surface area contributed by atoms with Crippen LogP contribution in [-0.2, 0) is 11.3 Å². The van der Waals surface area contributed by atoms with Crippen molar-refractivity contribution in [3.05, 3.63) is 23.3 Å². The quantitative estimate of drug-likeness (QED) is 0.890. The summed E-state index contributed by atoms with van der Waals surface area (Å²) in [4.78, 5) is 16.9. The summed E-state index contributed by atoms with van der Waals surface area (Å²) in [5.74, 6) is 0.761. The molecule has 0 radical (unpaired) electrons. The highest BCUT2D eigenvalue weighted by Gasteiger charge is 2.35. The topological polar surface area (TPSA) is 62.7 Å². The number of benzene rings is 1. The van der Waals surface area contributed by atoms with E-state index in [9.17, 15) is 4.79 Å². The van der Waals surface area contributed by atoms with E-state index in [0.29, 0.717) is 6.61 Å². The molecule has 2 N–H and O–H groups in total. The Hall–Kier alpha value is -1.88. The maximum Gasteiger partial charge on any atom is 0.233 e. The van der Waals surface area contributed by atoms with Gasteiger partial charge in [0.15, 0.2) is 0 Å². The Morgan fingerprint density at radius 3 is 3.10 bits per heavy atom. The number of hydrogen-bond donors (Lipinski definition) is 2. The van der Waals surface area contributed by atoms with Crippen molar-refractivity contribution >= 4 is 17.3 Å². The molecule has 2 aliphatic rings. The lowest BCUT2D eigenvalue weighted by Crippen LogP contribution is -2.38. The highest BCUT2D eigenvalue weighted by Crippen LogP contribution is 2.37. The van der Waals surface area contributed by atoms with Crippen LogP contribution < -0.4 is 15.4 Å². The number of anilines is 1. The predicted octanol–water partition coefficient (Wildman–Crippen LogP) is 1.96. The number of aliphatic imine (C=N–C) groups is 1. The average molecular weight is 287 g/mol. The minimum Gasteiger partial charge on any atom is -0.493 e. The summed E-state index contributed by atoms with van der Waals surface area (Å²) < 4.78 is 5.82. The van der Waals surface area contributed by atoms with Gasteiger partial charge in [-0.15, -0.1) is 0 Å². The molecule has 1 aromatic carbocycles. The molecule has 0 spiro atoms. The zero-order valence-electron chi connectivity index (χ0n) is 12.5. The second-order valence-electron chi connectivity index (χ2n) is 5.43. The summed E-state index contributed by atoms with van der Waals surface area (Å²) in [7, 11) is 1.90. The Bertz CT molecular complexity index is 595. The van der Waals surface area contributed by atoms with E-state index in [2.05, 4.69) is 15.6 Å². The van der Waals surface area contributed by atoms with E-state index in [1.165, 1.54) is 0 Å². The number of nitrogens with zero attached hydrogens (tertiary/aromatic N) is 1. The molecule has 21 heavy (non-hydrogen) atoms. The van der Waals surface area contributed by atoms with Crippen molar-refractivity contribution in [2.45, 2.75) is 26.3 Å². The van der Waals surface area contributed by atoms with Crippen LogP contribution in [-0.4, -0.2) is 31.8 Å². The Balaban J connectivity index is 2.13. The molecular formula is C16H21N3O2. The van der Waals surface area contributed by atoms with E-state index in [1.54, 1.807) is 0 Å². The SMILES string of the molecule is CCOc1cc(CNC)cc2c1C1=NCCCC1C(=O)N2. The van der Waals surface area contributed by atoms with Gasteiger partial charge in [0, 0.05) is 13.1 Å². The maximum absolute atomic E-state index is 12.3. The van der Waals surface area contributed by atoms with Gasteiger partial charge in [-0.1, -0.05) is 0 Å². The monoisotopic (exact) mass is 287 g/mol. The first-order valence-corrected chi connectivity index (χ1v) is 7.54. The van der Waals surface area contributed by atoms with Gasteiger partial charge in [0.2, 0.25) is 5.91 Å². The number of fused-ring (bicyclic) bond motifs is 3. The van der Waals surface area contributed by atoms with E-state index < -0.39 is 0 Å². The lowest BCUT2D eigenvalue weighted by molar-refractivity contribution is -0.118. The molecule has 3 rings (SSSR count). The van der Waals surface area contributed by atoms with E-state index in [0.717, 1.165) is 54.2 Å². The van der Waals surface area contributed by atoms with Crippen molar-refractivity contribution < 1.29 is 9.53 Å². The molecule has 2 aliphatic heterocycles. The van der Waals surface area contributed by atoms with E-state index in [-0.39, 0.29) is 11.8 Å². The highest BCUT2D eigenvalue weighted by molar-refractivity contribution is 6.24. The summed E-state index contributed by atoms with van der Waals surface area (Å²) in [5.41, 5.74) is 3.79. The van der Waals surface area contributed by atoms with Crippen molar-refractivity contribution in [1.82, 2.24) is 5.32 Å². The Kier molecular flexibility index (Phi) is 3.92. The molecule has 1 atom stereocenters. The van der Waals surface area contributed by atoms with Crippen LogP contribution in [0.25, 0.3) is 0 Å². The molecule has 5 nitrogen and oxygen atoms in total. The van der Waals surface area contributed by atoms with Crippen LogP contribution in [0.15, 0.2) is 17.1 Å². The number of amides is 1. The first-order valence-electron chi connectivity index (χ1n) is 7.54. The normalized spacial score (nSPS) is 20.2. The van der Waals surface area contributed by atoms with Crippen molar-refractivity contribution in [2.24, 2.45) is 10.9 Å². The highest BCUT2D eigenvalue weighted by atomic mass is 16.5. The van der Waals surface area contributed by atoms with Gasteiger partial charge in [-0.2, -0.15) is 0 Å². The number of nitrogens with one attached hydrogen (secondary N) is 2. The van der Waals surface area contributed by atoms with Crippen molar-refractivity contribution in [1.29, 1.82) is 0 Å². The van der Waals surface area contributed by atoms with E-state index >= 15 is 0 Å². The summed E-state index contributed by atoms with van der Waals surface area (Å²) in [6.07, 6.45) is 1.84. The van der Waals surface area contributed by atoms with Crippen LogP contribution in [0, 0.1) is 5.92 Å². The van der Waals surface area contributed by atoms with Crippen molar-refractivity contribution in [3.8, 4) is 5.75 Å². The fourth-order valence-electron chi connectivity index (χ4n) is 3.08. The predicted molar refractivity (Wildman–Crippen MR) is 83.1 cm³/mol. The first-order chi connectivity index (χ1) is 10.2. The maximum atomic E-state index is 12.3. The third-order valence-electron chi connectivity index (χ3n) is 3.94. The second kappa shape index (κ2) is 5.85. The number of carbonyl (C=O) groups is 1. The zero-order valence-corrected chi connectivity index (χ0v) is 12.5. The number of carbonyl (C=O) groups excluding carboxylic acids is 1. The number of rotatable bonds is 4. The molecule has 0 bridgehead atoms. The van der Waals surface area contributed by atoms with Gasteiger partial charge in [0.25, 0.3) is 0 Å². The van der Waals surface area contributed by atoms with Gasteiger partial charge in [-0.3, -0.25) is 9.79 Å². The standard InChI is InChI=1S/C16H21N3O2/c1-3-21-13-8-10(9-17-2)7-12-14(13)15-11(16(20)19-12)5-4-6-18-15/h7-8,11,17H,3-6,9H2,1-2H3,(H,19,20). The molecule has 5 heteroatoms. The van der Waals surface area contributed by atoms with Gasteiger partial charge < -0.3 is 15.4 Å². The van der Waals surface area contributed by atoms with Crippen molar-refractivity contribution in [2.75, 3.05) is 25.5 Å². The zero-order chi connectivity index (χ0) is 14.8. The van der Waals surface area contributed by atoms with Gasteiger partial charge in [-0.05, 0) is 44.5 Å². The minimum absolute atomic E-state index is 0.0602. The third kappa shape index (κ3) is 2.53. The number of hydrogen-bond acceptors (Lipinski definition) is 4. The summed E-state index contributed by atoms with van der Waals surface area (Å²) in [5, 5.41) is 6.16. The van der Waals surface area contributed by atoms with Gasteiger partial charge in [0.05, 0.1) is 29.5 Å².